The monoisotopic (exact) mass is 665 g/mol. The third-order valence-electron chi connectivity index (χ3n) is 9.26. The molecule has 3 aromatic rings. The Labute approximate surface area is 276 Å². The Hall–Kier alpha value is -4.33. The summed E-state index contributed by atoms with van der Waals surface area (Å²) in [6, 6.07) is 1.77. The smallest absolute Gasteiger partial charge is 0.287 e. The molecule has 6 atom stereocenters. The van der Waals surface area contributed by atoms with E-state index in [4.69, 9.17) is 0 Å². The van der Waals surface area contributed by atoms with Gasteiger partial charge < -0.3 is 25.8 Å². The summed E-state index contributed by atoms with van der Waals surface area (Å²) in [6.45, 7) is 7.98. The number of aromatic nitrogens is 3. The van der Waals surface area contributed by atoms with E-state index >= 15 is 0 Å². The first-order chi connectivity index (χ1) is 22.4. The molecule has 3 heterocycles. The number of hydrogen-bond acceptors (Lipinski definition) is 8. The van der Waals surface area contributed by atoms with E-state index in [0.29, 0.717) is 34.3 Å². The molecule has 2 bridgehead atoms. The van der Waals surface area contributed by atoms with E-state index in [1.807, 2.05) is 0 Å². The number of carbonyl (C=O) groups excluding carboxylic acids is 5. The van der Waals surface area contributed by atoms with Crippen molar-refractivity contribution in [3.8, 4) is 0 Å². The number of nitrogens with zero attached hydrogens (tertiary/aromatic N) is 3. The number of nitrogens with one attached hydrogen (secondary N) is 4. The van der Waals surface area contributed by atoms with Gasteiger partial charge >= 0.3 is 0 Å². The van der Waals surface area contributed by atoms with E-state index < -0.39 is 35.1 Å². The van der Waals surface area contributed by atoms with Crippen LogP contribution in [0.15, 0.2) is 34.7 Å². The molecule has 13 nitrogen and oxygen atoms in total. The molecule has 0 aliphatic heterocycles. The van der Waals surface area contributed by atoms with Crippen LogP contribution < -0.4 is 26.8 Å². The zero-order valence-electron chi connectivity index (χ0n) is 27.2. The predicted octanol–water partition coefficient (Wildman–Crippen LogP) is 2.67. The predicted molar refractivity (Wildman–Crippen MR) is 177 cm³/mol. The van der Waals surface area contributed by atoms with Gasteiger partial charge in [0.15, 0.2) is 4.96 Å². The van der Waals surface area contributed by atoms with Gasteiger partial charge in [0.05, 0.1) is 5.69 Å². The van der Waals surface area contributed by atoms with Crippen LogP contribution in [0.2, 0.25) is 0 Å². The van der Waals surface area contributed by atoms with Crippen LogP contribution in [0.5, 0.6) is 0 Å². The highest BCUT2D eigenvalue weighted by molar-refractivity contribution is 7.15. The molecule has 47 heavy (non-hydrogen) atoms. The van der Waals surface area contributed by atoms with Crippen molar-refractivity contribution >= 4 is 51.4 Å². The zero-order valence-corrected chi connectivity index (χ0v) is 28.0. The molecule has 5 rings (SSSR count). The number of carbonyl (C=O) groups is 5. The Kier molecular flexibility index (Phi) is 10.6. The van der Waals surface area contributed by atoms with Crippen molar-refractivity contribution in [2.75, 3.05) is 11.9 Å². The Balaban J connectivity index is 1.28. The standard InChI is InChI=1S/C33H43N7O6S/c1-5-34-31(45)26(41)9-8-23(36-30(44)25-17-47-33-35-20(4)15-40(25)33)29(43)37-24-7-6-10-39(32(24)46)16-27(42)38-28-19(3)13-21-11-18(2)12-22(28)14-21/h6-7,10,15,17-19,21-23,28H,5,8-9,11-14,16H2,1-4H3,(H,34,45)(H,36,44)(H,37,43)(H,38,42). The molecule has 2 fully saturated rings. The summed E-state index contributed by atoms with van der Waals surface area (Å²) >= 11 is 1.26. The van der Waals surface area contributed by atoms with Gasteiger partial charge in [0, 0.05) is 36.8 Å². The van der Waals surface area contributed by atoms with E-state index in [9.17, 15) is 28.8 Å². The molecule has 4 amide bonds. The zero-order chi connectivity index (χ0) is 33.8. The minimum atomic E-state index is -1.26. The maximum atomic E-state index is 13.5. The second-order valence-corrected chi connectivity index (χ2v) is 13.9. The van der Waals surface area contributed by atoms with Crippen LogP contribution in [0.4, 0.5) is 5.69 Å². The van der Waals surface area contributed by atoms with Crippen LogP contribution in [-0.4, -0.2) is 62.0 Å². The number of thiazole rings is 1. The van der Waals surface area contributed by atoms with Crippen LogP contribution in [0.1, 0.15) is 75.5 Å². The van der Waals surface area contributed by atoms with Crippen molar-refractivity contribution in [1.29, 1.82) is 0 Å². The van der Waals surface area contributed by atoms with Crippen LogP contribution in [0, 0.1) is 30.6 Å². The maximum Gasteiger partial charge on any atom is 0.287 e. The lowest BCUT2D eigenvalue weighted by molar-refractivity contribution is -0.138. The number of rotatable bonds is 12. The lowest BCUT2D eigenvalue weighted by Crippen LogP contribution is -2.51. The molecular formula is C33H43N7O6S. The number of imidazole rings is 1. The largest absolute Gasteiger partial charge is 0.351 e. The lowest BCUT2D eigenvalue weighted by Gasteiger charge is -2.46. The topological polar surface area (TPSA) is 173 Å². The minimum absolute atomic E-state index is 0.0577. The van der Waals surface area contributed by atoms with Crippen molar-refractivity contribution in [2.45, 2.75) is 84.8 Å². The van der Waals surface area contributed by atoms with Gasteiger partial charge in [-0.25, -0.2) is 4.98 Å². The molecule has 0 aromatic carbocycles. The number of pyridine rings is 1. The normalized spacial score (nSPS) is 22.7. The van der Waals surface area contributed by atoms with Crippen LogP contribution in [0.25, 0.3) is 4.96 Å². The van der Waals surface area contributed by atoms with Crippen molar-refractivity contribution < 1.29 is 24.0 Å². The van der Waals surface area contributed by atoms with Gasteiger partial charge in [-0.1, -0.05) is 13.8 Å². The highest BCUT2D eigenvalue weighted by Crippen LogP contribution is 2.44. The van der Waals surface area contributed by atoms with Crippen LogP contribution in [-0.2, 0) is 25.7 Å². The fourth-order valence-corrected chi connectivity index (χ4v) is 8.16. The van der Waals surface area contributed by atoms with Crippen molar-refractivity contribution in [3.05, 3.63) is 51.6 Å². The number of anilines is 1. The third-order valence-corrected chi connectivity index (χ3v) is 10.1. The summed E-state index contributed by atoms with van der Waals surface area (Å²) in [5.41, 5.74) is 0.290. The van der Waals surface area contributed by atoms with E-state index in [-0.39, 0.29) is 49.3 Å². The van der Waals surface area contributed by atoms with E-state index in [1.165, 1.54) is 34.6 Å². The quantitative estimate of drug-likeness (QED) is 0.215. The molecule has 3 aromatic heterocycles. The molecule has 14 heteroatoms. The summed E-state index contributed by atoms with van der Waals surface area (Å²) in [7, 11) is 0. The summed E-state index contributed by atoms with van der Waals surface area (Å²) in [5, 5.41) is 12.4. The Morgan fingerprint density at radius 2 is 1.89 bits per heavy atom. The van der Waals surface area contributed by atoms with Gasteiger partial charge in [0.2, 0.25) is 17.6 Å². The molecule has 2 aliphatic carbocycles. The molecule has 6 unspecified atom stereocenters. The second-order valence-electron chi connectivity index (χ2n) is 13.1. The van der Waals surface area contributed by atoms with E-state index in [2.05, 4.69) is 40.1 Å². The number of fused-ring (bicyclic) bond motifs is 3. The fraction of sp³-hybridized carbons (Fsp3) is 0.545. The number of amides is 4. The Morgan fingerprint density at radius 3 is 2.66 bits per heavy atom. The average molecular weight is 666 g/mol. The Morgan fingerprint density at radius 1 is 1.11 bits per heavy atom. The molecule has 2 aliphatic rings. The SMILES string of the molecule is CCNC(=O)C(=O)CCC(NC(=O)c1csc2nc(C)cn12)C(=O)Nc1cccn(CC(=O)NC2C(C)CC3CC(C)CC2C3)c1=O. The number of aryl methyl sites for hydroxylation is 1. The molecule has 0 spiro atoms. The van der Waals surface area contributed by atoms with Gasteiger partial charge in [0.1, 0.15) is 24.0 Å². The number of likely N-dealkylation sites (N-methyl/N-ethyl adjacent to an activating group) is 1. The summed E-state index contributed by atoms with van der Waals surface area (Å²) in [5.74, 6) is -0.997. The van der Waals surface area contributed by atoms with E-state index in [0.717, 1.165) is 19.3 Å². The first-order valence-electron chi connectivity index (χ1n) is 16.3. The van der Waals surface area contributed by atoms with Gasteiger partial charge in [-0.2, -0.15) is 0 Å². The number of ketones is 1. The number of Topliss-reactive ketones (excluding diaryl/α,β-unsaturated/α-hetero) is 1. The molecule has 4 N–H and O–H groups in total. The molecule has 252 valence electrons. The van der Waals surface area contributed by atoms with Crippen LogP contribution >= 0.6 is 11.3 Å². The minimum Gasteiger partial charge on any atom is -0.351 e. The van der Waals surface area contributed by atoms with Crippen molar-refractivity contribution in [2.24, 2.45) is 23.7 Å². The third kappa shape index (κ3) is 7.98. The average Bonchev–Trinajstić information content (AvgIpc) is 3.57. The van der Waals surface area contributed by atoms with Gasteiger partial charge in [-0.15, -0.1) is 11.3 Å². The summed E-state index contributed by atoms with van der Waals surface area (Å²) < 4.78 is 2.84. The van der Waals surface area contributed by atoms with Crippen molar-refractivity contribution in [3.63, 3.8) is 0 Å². The molecular weight excluding hydrogens is 622 g/mol. The maximum absolute atomic E-state index is 13.5. The van der Waals surface area contributed by atoms with E-state index in [1.54, 1.807) is 35.9 Å². The summed E-state index contributed by atoms with van der Waals surface area (Å²) in [4.78, 5) is 82.7. The van der Waals surface area contributed by atoms with Crippen molar-refractivity contribution in [1.82, 2.24) is 29.9 Å². The highest BCUT2D eigenvalue weighted by Gasteiger charge is 2.40. The van der Waals surface area contributed by atoms with Crippen LogP contribution in [0.3, 0.4) is 0 Å². The fourth-order valence-electron chi connectivity index (χ4n) is 7.26. The van der Waals surface area contributed by atoms with Gasteiger partial charge in [-0.05, 0) is 81.8 Å². The Bertz CT molecular complexity index is 1720. The lowest BCUT2D eigenvalue weighted by atomic mass is 9.63. The van der Waals surface area contributed by atoms with Gasteiger partial charge in [-0.3, -0.25) is 33.2 Å². The molecule has 0 saturated heterocycles. The first kappa shape index (κ1) is 34.0. The van der Waals surface area contributed by atoms with Gasteiger partial charge in [0.25, 0.3) is 17.4 Å². The second kappa shape index (κ2) is 14.6. The number of hydrogen-bond donors (Lipinski definition) is 4. The molecule has 0 radical (unpaired) electrons. The molecule has 2 saturated carbocycles. The summed E-state index contributed by atoms with van der Waals surface area (Å²) in [6.07, 6.45) is 7.20. The highest BCUT2D eigenvalue weighted by atomic mass is 32.1. The first-order valence-corrected chi connectivity index (χ1v) is 17.2.